The van der Waals surface area contributed by atoms with Gasteiger partial charge in [0.1, 0.15) is 79.9 Å². The lowest BCUT2D eigenvalue weighted by Gasteiger charge is -2.47. The van der Waals surface area contributed by atoms with Crippen LogP contribution in [-0.4, -0.2) is 249 Å². The van der Waals surface area contributed by atoms with Crippen molar-refractivity contribution in [3.05, 3.63) is 0 Å². The molecule has 25 atom stereocenters. The number of nitrogens with two attached hydrogens (primary N) is 8. The molecule has 0 spiro atoms. The number of rotatable bonds is 40. The zero-order valence-corrected chi connectivity index (χ0v) is 52.0. The summed E-state index contributed by atoms with van der Waals surface area (Å²) < 4.78 is 49.8. The average molecular weight is 1360 g/mol. The van der Waals surface area contributed by atoms with Crippen molar-refractivity contribution in [1.82, 2.24) is 10.6 Å². The van der Waals surface area contributed by atoms with E-state index in [1.165, 1.54) is 13.8 Å². The van der Waals surface area contributed by atoms with Gasteiger partial charge in [-0.2, -0.15) is 0 Å². The summed E-state index contributed by atoms with van der Waals surface area (Å²) in [6, 6.07) is 0. The molecule has 27 N–H and O–H groups in total. The minimum absolute atomic E-state index is 0.00191. The normalized spacial score (nSPS) is 31.2. The molecule has 4 aliphatic rings. The Morgan fingerprint density at radius 2 is 0.926 bits per heavy atom. The van der Waals surface area contributed by atoms with E-state index in [4.69, 9.17) is 88.5 Å². The van der Waals surface area contributed by atoms with E-state index < -0.39 is 256 Å². The third kappa shape index (κ3) is 22.1. The van der Waals surface area contributed by atoms with E-state index in [0.717, 1.165) is 6.92 Å². The molecule has 0 bridgehead atoms. The summed E-state index contributed by atoms with van der Waals surface area (Å²) >= 11 is 0. The average Bonchev–Trinajstić information content (AvgIpc) is 1.52. The maximum atomic E-state index is 13.4. The number of ether oxygens (including phenoxy) is 9. The predicted octanol–water partition coefficient (Wildman–Crippen LogP) is -8.88. The van der Waals surface area contributed by atoms with Crippen LogP contribution in [0.5, 0.6) is 0 Å². The fraction of sp³-hybridized carbons (Fsp3) is 0.800. The maximum Gasteiger partial charge on any atom is 0.407 e. The quantitative estimate of drug-likeness (QED) is 0.0253. The molecule has 0 aromatic carbocycles. The fourth-order valence-electron chi connectivity index (χ4n) is 11.6. The summed E-state index contributed by atoms with van der Waals surface area (Å²) in [6.07, 6.45) is -31.3. The van der Waals surface area contributed by atoms with Gasteiger partial charge in [-0.15, -0.1) is 0 Å². The Bertz CT molecular complexity index is 2610. The van der Waals surface area contributed by atoms with Gasteiger partial charge in [0.15, 0.2) is 18.9 Å². The van der Waals surface area contributed by atoms with Crippen molar-refractivity contribution < 1.29 is 141 Å². The molecule has 0 saturated carbocycles. The highest BCUT2D eigenvalue weighted by molar-refractivity contribution is 5.84. The highest BCUT2D eigenvalue weighted by Gasteiger charge is 2.61. The summed E-state index contributed by atoms with van der Waals surface area (Å²) in [5.74, 6) is -20.9. The molecule has 536 valence electrons. The Labute approximate surface area is 537 Å². The topological polar surface area (TPSA) is 685 Å². The van der Waals surface area contributed by atoms with Crippen LogP contribution in [0.25, 0.3) is 0 Å². The van der Waals surface area contributed by atoms with Crippen LogP contribution in [0, 0.1) is 53.3 Å². The minimum Gasteiger partial charge on any atom is -0.477 e. The lowest BCUT2D eigenvalue weighted by molar-refractivity contribution is -0.374. The number of carbonyl (C=O) groups excluding carboxylic acids is 10. The van der Waals surface area contributed by atoms with Crippen molar-refractivity contribution in [2.24, 2.45) is 99.1 Å². The maximum absolute atomic E-state index is 13.4. The molecule has 4 heterocycles. The Morgan fingerprint density at radius 1 is 0.479 bits per heavy atom. The number of aliphatic hydroxyl groups excluding tert-OH is 8. The van der Waals surface area contributed by atoms with Crippen molar-refractivity contribution in [2.45, 2.75) is 183 Å². The Balaban J connectivity index is 1.40. The van der Waals surface area contributed by atoms with Crippen molar-refractivity contribution in [1.29, 1.82) is 0 Å². The van der Waals surface area contributed by atoms with E-state index in [1.807, 2.05) is 0 Å². The van der Waals surface area contributed by atoms with Crippen LogP contribution in [-0.2, 0) is 85.8 Å². The van der Waals surface area contributed by atoms with Gasteiger partial charge in [-0.05, 0) is 70.1 Å². The van der Waals surface area contributed by atoms with Gasteiger partial charge in [0, 0.05) is 67.4 Å². The summed E-state index contributed by atoms with van der Waals surface area (Å²) in [4.78, 5) is 139. The van der Waals surface area contributed by atoms with Crippen LogP contribution >= 0.6 is 0 Å². The lowest BCUT2D eigenvalue weighted by atomic mass is 9.74. The van der Waals surface area contributed by atoms with Gasteiger partial charge in [0.2, 0.25) is 47.3 Å². The van der Waals surface area contributed by atoms with Gasteiger partial charge in [-0.3, -0.25) is 38.4 Å². The third-order valence-electron chi connectivity index (χ3n) is 17.3. The Hall–Kier alpha value is -6.83. The summed E-state index contributed by atoms with van der Waals surface area (Å²) in [7, 11) is 0. The highest BCUT2D eigenvalue weighted by Crippen LogP contribution is 2.40. The first-order valence-electron chi connectivity index (χ1n) is 30.3. The summed E-state index contributed by atoms with van der Waals surface area (Å²) in [5, 5.41) is 99.2. The van der Waals surface area contributed by atoms with Gasteiger partial charge in [0.25, 0.3) is 5.79 Å². The number of aliphatic hydroxyl groups is 8. The second-order valence-electron chi connectivity index (χ2n) is 24.2. The van der Waals surface area contributed by atoms with E-state index >= 15 is 0 Å². The number of alkyl carbamates (subject to hydrolysis) is 2. The highest BCUT2D eigenvalue weighted by atomic mass is 16.9. The third-order valence-corrected chi connectivity index (χ3v) is 17.3. The SMILES string of the molecule is C[C@H](CC(CCC(CCCOC(=O)NCCNC(=O)OCC1O[C@H]2O[C@@](C)(C(=O)O)OC2[C@@H](O)[C@H]1O[C@@H]1OC(CO)[C@H](O[C@@H]2OC(CO)[C@H](O)[C@H](O)C2O)[C@H](O)C1O)C(CC(CC(CC(CC(C[C@H](C)C(N)=O)C(N)=O)C(N)=O)C(N)=O)C(N)=O)C(N)=O)C(N)=O)C(N)=O. The van der Waals surface area contributed by atoms with Crippen molar-refractivity contribution in [3.8, 4) is 0 Å². The first-order chi connectivity index (χ1) is 44.0. The molecular formula is C55H92N10O29. The van der Waals surface area contributed by atoms with Crippen molar-refractivity contribution in [2.75, 3.05) is 39.5 Å². The molecule has 39 heteroatoms. The van der Waals surface area contributed by atoms with E-state index in [9.17, 15) is 98.7 Å². The minimum atomic E-state index is -2.39. The Morgan fingerprint density at radius 3 is 1.39 bits per heavy atom. The van der Waals surface area contributed by atoms with Gasteiger partial charge < -0.3 is 145 Å². The number of carboxylic acids is 1. The van der Waals surface area contributed by atoms with E-state index in [1.54, 1.807) is 0 Å². The summed E-state index contributed by atoms with van der Waals surface area (Å²) in [6.45, 7) is 0.265. The van der Waals surface area contributed by atoms with E-state index in [0.29, 0.717) is 0 Å². The molecule has 0 aromatic heterocycles. The van der Waals surface area contributed by atoms with Crippen LogP contribution in [0.2, 0.25) is 0 Å². The van der Waals surface area contributed by atoms with Crippen LogP contribution in [0.3, 0.4) is 0 Å². The van der Waals surface area contributed by atoms with Gasteiger partial charge >= 0.3 is 18.2 Å². The molecule has 0 radical (unpaired) electrons. The standard InChI is InChI=1S/C55H92N10O29/c1-20(41(56)74)11-23(43(58)76)7-6-22(28(48(63)81)16-27(47(62)80)15-26(46(61)79)14-25(45(60)78)13-24(44(59)77)12-21(2)42(57)75)5-4-10-86-53(84)64-8-9-65-54(85)87-19-31-39(37(73)40-51(90-31)94-55(3,93-40)52(82)83)92-50-36(72)34(70)38(30(18-67)89-50)91-49-35(71)33(69)32(68)29(17-66)88-49/h20-40,49-51,66-73H,4-19H2,1-3H3,(H2,56,74)(H2,57,75)(H2,58,76)(H2,59,77)(H2,60,78)(H2,61,79)(H2,62,80)(H2,63,81)(H,64,84)(H,65,85)(H,82,83)/t20-,21+,22?,23?,24?,25?,26?,27?,28?,29?,30?,31?,32+,33+,34-,35?,36?,37+,38+,39+,40?,49+,50+,51+,55+/m1/s1. The predicted molar refractivity (Wildman–Crippen MR) is 309 cm³/mol. The molecule has 0 aromatic rings. The smallest absolute Gasteiger partial charge is 0.407 e. The number of primary amides is 8. The molecule has 4 saturated heterocycles. The molecule has 10 amide bonds. The number of carbonyl (C=O) groups is 11. The van der Waals surface area contributed by atoms with E-state index in [2.05, 4.69) is 10.6 Å². The first kappa shape index (κ1) is 79.6. The second kappa shape index (κ2) is 36.3. The molecule has 39 nitrogen and oxygen atoms in total. The van der Waals surface area contributed by atoms with Gasteiger partial charge in [-0.1, -0.05) is 13.8 Å². The van der Waals surface area contributed by atoms with Gasteiger partial charge in [-0.25, -0.2) is 14.4 Å². The molecule has 4 fully saturated rings. The van der Waals surface area contributed by atoms with Crippen molar-refractivity contribution >= 4 is 65.4 Å². The number of nitrogens with one attached hydrogen (secondary N) is 2. The molecule has 13 unspecified atom stereocenters. The molecular weight excluding hydrogens is 1260 g/mol. The fourth-order valence-corrected chi connectivity index (χ4v) is 11.6. The van der Waals surface area contributed by atoms with Crippen LogP contribution in [0.1, 0.15) is 85.0 Å². The monoisotopic (exact) mass is 1360 g/mol. The zero-order chi connectivity index (χ0) is 70.8. The van der Waals surface area contributed by atoms with Crippen LogP contribution in [0.4, 0.5) is 9.59 Å². The second-order valence-corrected chi connectivity index (χ2v) is 24.2. The first-order valence-corrected chi connectivity index (χ1v) is 30.3. The number of hydrogen-bond acceptors (Lipinski definition) is 28. The number of fused-ring (bicyclic) bond motifs is 1. The molecule has 94 heavy (non-hydrogen) atoms. The number of aliphatic carboxylic acids is 1. The van der Waals surface area contributed by atoms with Crippen LogP contribution in [0.15, 0.2) is 0 Å². The van der Waals surface area contributed by atoms with Gasteiger partial charge in [0.05, 0.1) is 19.8 Å². The largest absolute Gasteiger partial charge is 0.477 e. The zero-order valence-electron chi connectivity index (χ0n) is 52.0. The number of carboxylic acid groups (broad SMARTS) is 1. The number of hydrogen-bond donors (Lipinski definition) is 19. The molecule has 0 aliphatic carbocycles. The van der Waals surface area contributed by atoms with E-state index in [-0.39, 0.29) is 64.6 Å². The Kier molecular flexibility index (Phi) is 30.8. The van der Waals surface area contributed by atoms with Crippen LogP contribution < -0.4 is 56.5 Å². The number of amides is 10. The molecule has 4 rings (SSSR count). The molecule has 4 aliphatic heterocycles. The van der Waals surface area contributed by atoms with Crippen molar-refractivity contribution in [3.63, 3.8) is 0 Å². The summed E-state index contributed by atoms with van der Waals surface area (Å²) in [5.41, 5.74) is 45.3. The lowest BCUT2D eigenvalue weighted by Crippen LogP contribution is -2.66.